The molecule has 2 heterocycles. The maximum atomic E-state index is 12.4. The number of amides is 1. The maximum absolute atomic E-state index is 12.4. The van der Waals surface area contributed by atoms with Gasteiger partial charge in [0.25, 0.3) is 0 Å². The number of piperidine rings is 1. The van der Waals surface area contributed by atoms with E-state index in [-0.39, 0.29) is 5.91 Å². The monoisotopic (exact) mass is 306 g/mol. The predicted octanol–water partition coefficient (Wildman–Crippen LogP) is 2.97. The lowest BCUT2D eigenvalue weighted by molar-refractivity contribution is -0.132. The van der Waals surface area contributed by atoms with Crippen LogP contribution >= 0.6 is 11.6 Å². The normalized spacial score (nSPS) is 20.9. The Bertz CT molecular complexity index is 491. The third-order valence-electron chi connectivity index (χ3n) is 4.72. The molecule has 0 saturated carbocycles. The lowest BCUT2D eigenvalue weighted by Gasteiger charge is -2.36. The van der Waals surface area contributed by atoms with Crippen molar-refractivity contribution in [2.24, 2.45) is 0 Å². The van der Waals surface area contributed by atoms with Crippen LogP contribution in [0.2, 0.25) is 5.02 Å². The number of benzene rings is 1. The molecule has 1 amide bonds. The fourth-order valence-corrected chi connectivity index (χ4v) is 3.73. The van der Waals surface area contributed by atoms with E-state index in [1.165, 1.54) is 25.9 Å². The Kier molecular flexibility index (Phi) is 4.81. The van der Waals surface area contributed by atoms with E-state index in [9.17, 15) is 4.79 Å². The molecule has 0 aromatic heterocycles. The van der Waals surface area contributed by atoms with Crippen LogP contribution in [-0.4, -0.2) is 47.9 Å². The smallest absolute Gasteiger partial charge is 0.226 e. The lowest BCUT2D eigenvalue weighted by Crippen LogP contribution is -2.46. The lowest BCUT2D eigenvalue weighted by atomic mass is 10.0. The summed E-state index contributed by atoms with van der Waals surface area (Å²) in [5.74, 6) is 0.233. The largest absolute Gasteiger partial charge is 0.342 e. The van der Waals surface area contributed by atoms with E-state index < -0.39 is 0 Å². The molecule has 0 aliphatic carbocycles. The number of likely N-dealkylation sites (tertiary alicyclic amines) is 2. The highest BCUT2D eigenvalue weighted by Gasteiger charge is 2.28. The van der Waals surface area contributed by atoms with Crippen LogP contribution in [0.3, 0.4) is 0 Å². The molecule has 0 spiro atoms. The van der Waals surface area contributed by atoms with E-state index in [1.807, 2.05) is 29.2 Å². The zero-order valence-corrected chi connectivity index (χ0v) is 13.2. The fraction of sp³-hybridized carbons (Fsp3) is 0.588. The number of hydrogen-bond acceptors (Lipinski definition) is 2. The average Bonchev–Trinajstić information content (AvgIpc) is 3.01. The molecule has 0 unspecified atom stereocenters. The Morgan fingerprint density at radius 2 is 1.86 bits per heavy atom. The third kappa shape index (κ3) is 3.78. The molecule has 0 N–H and O–H groups in total. The van der Waals surface area contributed by atoms with Crippen LogP contribution in [0.5, 0.6) is 0 Å². The van der Waals surface area contributed by atoms with E-state index in [2.05, 4.69) is 4.90 Å². The first-order chi connectivity index (χ1) is 10.2. The van der Waals surface area contributed by atoms with Crippen molar-refractivity contribution in [2.45, 2.75) is 38.1 Å². The highest BCUT2D eigenvalue weighted by Crippen LogP contribution is 2.21. The number of rotatable bonds is 3. The van der Waals surface area contributed by atoms with E-state index in [0.29, 0.717) is 17.5 Å². The van der Waals surface area contributed by atoms with Gasteiger partial charge in [-0.05, 0) is 56.5 Å². The summed E-state index contributed by atoms with van der Waals surface area (Å²) < 4.78 is 0. The van der Waals surface area contributed by atoms with Crippen molar-refractivity contribution >= 4 is 17.5 Å². The standard InChI is InChI=1S/C17H23ClN2O/c18-15-5-3-4-14(12-15)13-17(21)20-10-6-16(7-11-20)19-8-1-2-9-19/h3-5,12,16H,1-2,6-11,13H2. The first kappa shape index (κ1) is 14.9. The Morgan fingerprint density at radius 1 is 1.14 bits per heavy atom. The second kappa shape index (κ2) is 6.80. The molecule has 2 fully saturated rings. The molecule has 3 nitrogen and oxygen atoms in total. The van der Waals surface area contributed by atoms with E-state index in [4.69, 9.17) is 11.6 Å². The molecule has 1 aromatic rings. The Labute approximate surface area is 131 Å². The molecule has 21 heavy (non-hydrogen) atoms. The molecular weight excluding hydrogens is 284 g/mol. The van der Waals surface area contributed by atoms with Crippen molar-refractivity contribution in [3.63, 3.8) is 0 Å². The number of halogens is 1. The molecule has 4 heteroatoms. The van der Waals surface area contributed by atoms with Gasteiger partial charge < -0.3 is 9.80 Å². The Hall–Kier alpha value is -1.06. The number of hydrogen-bond donors (Lipinski definition) is 0. The highest BCUT2D eigenvalue weighted by molar-refractivity contribution is 6.30. The number of nitrogens with zero attached hydrogens (tertiary/aromatic N) is 2. The summed E-state index contributed by atoms with van der Waals surface area (Å²) in [6.07, 6.45) is 5.40. The second-order valence-corrected chi connectivity index (χ2v) is 6.60. The Balaban J connectivity index is 1.50. The van der Waals surface area contributed by atoms with Crippen molar-refractivity contribution in [3.05, 3.63) is 34.9 Å². The van der Waals surface area contributed by atoms with Gasteiger partial charge in [0.2, 0.25) is 5.91 Å². The van der Waals surface area contributed by atoms with E-state index in [0.717, 1.165) is 31.5 Å². The minimum absolute atomic E-state index is 0.233. The summed E-state index contributed by atoms with van der Waals surface area (Å²) in [6, 6.07) is 8.31. The van der Waals surface area contributed by atoms with E-state index >= 15 is 0 Å². The van der Waals surface area contributed by atoms with Crippen molar-refractivity contribution in [1.29, 1.82) is 0 Å². The predicted molar refractivity (Wildman–Crippen MR) is 85.6 cm³/mol. The van der Waals surface area contributed by atoms with Gasteiger partial charge in [0.05, 0.1) is 6.42 Å². The summed E-state index contributed by atoms with van der Waals surface area (Å²) in [5.41, 5.74) is 1.01. The van der Waals surface area contributed by atoms with Gasteiger partial charge >= 0.3 is 0 Å². The molecule has 2 saturated heterocycles. The Morgan fingerprint density at radius 3 is 2.52 bits per heavy atom. The van der Waals surface area contributed by atoms with Crippen LogP contribution in [0, 0.1) is 0 Å². The van der Waals surface area contributed by atoms with Crippen molar-refractivity contribution in [3.8, 4) is 0 Å². The van der Waals surface area contributed by atoms with Crippen molar-refractivity contribution in [1.82, 2.24) is 9.80 Å². The topological polar surface area (TPSA) is 23.6 Å². The van der Waals surface area contributed by atoms with Gasteiger partial charge in [-0.1, -0.05) is 23.7 Å². The number of carbonyl (C=O) groups is 1. The van der Waals surface area contributed by atoms with Crippen LogP contribution in [0.25, 0.3) is 0 Å². The molecule has 2 aliphatic rings. The van der Waals surface area contributed by atoms with Crippen LogP contribution in [0.15, 0.2) is 24.3 Å². The molecule has 2 aliphatic heterocycles. The molecular formula is C17H23ClN2O. The molecule has 0 bridgehead atoms. The minimum Gasteiger partial charge on any atom is -0.342 e. The van der Waals surface area contributed by atoms with Crippen LogP contribution in [-0.2, 0) is 11.2 Å². The van der Waals surface area contributed by atoms with Crippen LogP contribution in [0.1, 0.15) is 31.2 Å². The zero-order chi connectivity index (χ0) is 14.7. The minimum atomic E-state index is 0.233. The van der Waals surface area contributed by atoms with E-state index in [1.54, 1.807) is 0 Å². The maximum Gasteiger partial charge on any atom is 0.226 e. The highest BCUT2D eigenvalue weighted by atomic mass is 35.5. The molecule has 0 atom stereocenters. The van der Waals surface area contributed by atoms with Crippen LogP contribution in [0.4, 0.5) is 0 Å². The quantitative estimate of drug-likeness (QED) is 0.857. The summed E-state index contributed by atoms with van der Waals surface area (Å²) in [4.78, 5) is 17.0. The molecule has 1 aromatic carbocycles. The van der Waals surface area contributed by atoms with Crippen molar-refractivity contribution in [2.75, 3.05) is 26.2 Å². The van der Waals surface area contributed by atoms with Gasteiger partial charge in [-0.15, -0.1) is 0 Å². The third-order valence-corrected chi connectivity index (χ3v) is 4.95. The molecule has 3 rings (SSSR count). The average molecular weight is 307 g/mol. The zero-order valence-electron chi connectivity index (χ0n) is 12.4. The SMILES string of the molecule is O=C(Cc1cccc(Cl)c1)N1CCC(N2CCCC2)CC1. The summed E-state index contributed by atoms with van der Waals surface area (Å²) in [5, 5.41) is 0.702. The summed E-state index contributed by atoms with van der Waals surface area (Å²) in [7, 11) is 0. The van der Waals surface area contributed by atoms with Gasteiger partial charge in [-0.3, -0.25) is 4.79 Å². The van der Waals surface area contributed by atoms with Gasteiger partial charge in [0, 0.05) is 24.2 Å². The first-order valence-electron chi connectivity index (χ1n) is 7.98. The fourth-order valence-electron chi connectivity index (χ4n) is 3.52. The molecule has 114 valence electrons. The summed E-state index contributed by atoms with van der Waals surface area (Å²) >= 11 is 5.98. The van der Waals surface area contributed by atoms with Crippen LogP contribution < -0.4 is 0 Å². The second-order valence-electron chi connectivity index (χ2n) is 6.16. The van der Waals surface area contributed by atoms with Gasteiger partial charge in [0.15, 0.2) is 0 Å². The molecule has 0 radical (unpaired) electrons. The summed E-state index contributed by atoms with van der Waals surface area (Å²) in [6.45, 7) is 4.31. The van der Waals surface area contributed by atoms with Gasteiger partial charge in [-0.2, -0.15) is 0 Å². The van der Waals surface area contributed by atoms with Gasteiger partial charge in [-0.25, -0.2) is 0 Å². The van der Waals surface area contributed by atoms with Gasteiger partial charge in [0.1, 0.15) is 0 Å². The van der Waals surface area contributed by atoms with Crippen molar-refractivity contribution < 1.29 is 4.79 Å². The number of carbonyl (C=O) groups excluding carboxylic acids is 1. The first-order valence-corrected chi connectivity index (χ1v) is 8.36.